The van der Waals surface area contributed by atoms with Crippen molar-refractivity contribution in [1.82, 2.24) is 39.9 Å². The molecule has 8 aromatic rings. The van der Waals surface area contributed by atoms with Gasteiger partial charge in [-0.15, -0.1) is 0 Å². The summed E-state index contributed by atoms with van der Waals surface area (Å²) in [5, 5.41) is 5.70. The number of H-pyrrole nitrogens is 4. The predicted octanol–water partition coefficient (Wildman–Crippen LogP) is 6.50. The number of aromatic nitrogens is 8. The molecule has 0 saturated carbocycles. The summed E-state index contributed by atoms with van der Waals surface area (Å²) in [4.78, 5) is 55.1. The third kappa shape index (κ3) is 4.24. The van der Waals surface area contributed by atoms with Crippen LogP contribution in [0.1, 0.15) is 53.2 Å². The van der Waals surface area contributed by atoms with E-state index in [9.17, 15) is 9.59 Å². The summed E-state index contributed by atoms with van der Waals surface area (Å²) in [6.45, 7) is 12.7. The molecule has 10 nitrogen and oxygen atoms in total. The third-order valence-corrected chi connectivity index (χ3v) is 7.93. The maximum Gasteiger partial charge on any atom is 0.258 e. The maximum atomic E-state index is 12.3. The number of hydrogen-bond acceptors (Lipinski definition) is 6. The van der Waals surface area contributed by atoms with Crippen molar-refractivity contribution in [3.8, 4) is 0 Å². The van der Waals surface area contributed by atoms with Crippen LogP contribution >= 0.6 is 0 Å². The summed E-state index contributed by atoms with van der Waals surface area (Å²) in [6.07, 6.45) is 8.52. The van der Waals surface area contributed by atoms with E-state index in [4.69, 9.17) is 9.97 Å². The molecular weight excluding hydrogens is 552 g/mol. The number of hydrogen-bond donors (Lipinski definition) is 4. The molecule has 0 aliphatic heterocycles. The molecule has 220 valence electrons. The second kappa shape index (κ2) is 9.57. The van der Waals surface area contributed by atoms with Gasteiger partial charge in [-0.1, -0.05) is 41.5 Å². The lowest BCUT2D eigenvalue weighted by Gasteiger charge is -2.13. The monoisotopic (exact) mass is 584 g/mol. The van der Waals surface area contributed by atoms with Gasteiger partial charge in [-0.2, -0.15) is 0 Å². The molecule has 10 heteroatoms. The Labute approximate surface area is 251 Å². The Bertz CT molecular complexity index is 2340. The second-order valence-electron chi connectivity index (χ2n) is 13.1. The Morgan fingerprint density at radius 1 is 0.591 bits per heavy atom. The molecule has 6 heterocycles. The topological polar surface area (TPSA) is 149 Å². The van der Waals surface area contributed by atoms with Gasteiger partial charge in [0.25, 0.3) is 11.1 Å². The van der Waals surface area contributed by atoms with Crippen LogP contribution in [0.15, 0.2) is 70.9 Å². The highest BCUT2D eigenvalue weighted by Crippen LogP contribution is 2.34. The highest BCUT2D eigenvalue weighted by atomic mass is 16.1. The molecule has 0 spiro atoms. The lowest BCUT2D eigenvalue weighted by Crippen LogP contribution is -2.13. The first-order chi connectivity index (χ1) is 20.9. The highest BCUT2D eigenvalue weighted by Gasteiger charge is 2.23. The van der Waals surface area contributed by atoms with Crippen LogP contribution in [0.2, 0.25) is 0 Å². The molecule has 0 unspecified atom stereocenters. The lowest BCUT2D eigenvalue weighted by molar-refractivity contribution is 0.554. The van der Waals surface area contributed by atoms with E-state index < -0.39 is 0 Å². The number of aromatic amines is 4. The average molecular weight is 585 g/mol. The van der Waals surface area contributed by atoms with E-state index in [-0.39, 0.29) is 21.9 Å². The molecule has 0 fully saturated rings. The van der Waals surface area contributed by atoms with Gasteiger partial charge < -0.3 is 19.9 Å². The molecule has 0 amide bonds. The van der Waals surface area contributed by atoms with Gasteiger partial charge in [0.1, 0.15) is 11.6 Å². The van der Waals surface area contributed by atoms with Gasteiger partial charge in [0, 0.05) is 68.7 Å². The summed E-state index contributed by atoms with van der Waals surface area (Å²) in [5.41, 5.74) is 3.80. The molecular formula is C34H32N8O2. The van der Waals surface area contributed by atoms with Crippen LogP contribution in [0.25, 0.3) is 65.3 Å². The molecule has 6 aromatic heterocycles. The van der Waals surface area contributed by atoms with Crippen molar-refractivity contribution < 1.29 is 0 Å². The fourth-order valence-electron chi connectivity index (χ4n) is 5.71. The zero-order valence-electron chi connectivity index (χ0n) is 25.4. The fraction of sp³-hybridized carbons (Fsp3) is 0.235. The van der Waals surface area contributed by atoms with Crippen LogP contribution in [0.4, 0.5) is 0 Å². The Hall–Kier alpha value is -5.38. The minimum absolute atomic E-state index is 0.0949. The molecule has 0 radical (unpaired) electrons. The van der Waals surface area contributed by atoms with Crippen molar-refractivity contribution in [3.63, 3.8) is 0 Å². The van der Waals surface area contributed by atoms with Crippen molar-refractivity contribution in [3.05, 3.63) is 93.7 Å². The Morgan fingerprint density at radius 2 is 1.16 bits per heavy atom. The highest BCUT2D eigenvalue weighted by molar-refractivity contribution is 6.23. The van der Waals surface area contributed by atoms with E-state index >= 15 is 0 Å². The van der Waals surface area contributed by atoms with Gasteiger partial charge in [0.2, 0.25) is 0 Å². The van der Waals surface area contributed by atoms with E-state index in [0.717, 1.165) is 60.6 Å². The zero-order valence-corrected chi connectivity index (χ0v) is 25.4. The van der Waals surface area contributed by atoms with Crippen LogP contribution in [-0.2, 0) is 10.8 Å². The number of nitrogens with zero attached hydrogens (tertiary/aromatic N) is 4. The van der Waals surface area contributed by atoms with Crippen LogP contribution in [-0.4, -0.2) is 39.9 Å². The molecule has 0 aliphatic carbocycles. The zero-order chi connectivity index (χ0) is 31.0. The first kappa shape index (κ1) is 27.5. The quantitative estimate of drug-likeness (QED) is 0.150. The van der Waals surface area contributed by atoms with Gasteiger partial charge in [-0.25, -0.2) is 9.97 Å². The molecule has 0 bridgehead atoms. The molecule has 4 N–H and O–H groups in total. The Balaban J connectivity index is 0.000000142. The van der Waals surface area contributed by atoms with Gasteiger partial charge in [0.05, 0.1) is 38.4 Å². The number of rotatable bonds is 0. The van der Waals surface area contributed by atoms with Crippen molar-refractivity contribution in [2.45, 2.75) is 52.4 Å². The van der Waals surface area contributed by atoms with E-state index in [2.05, 4.69) is 71.4 Å². The summed E-state index contributed by atoms with van der Waals surface area (Å²) in [7, 11) is 0. The third-order valence-electron chi connectivity index (χ3n) is 7.93. The SMILES string of the molecule is CC(C)(C)c1nc2c3cccnc3c3c(=O)[nH]ccc3c2[nH]1.CC(C)(C)c1nc2c3cnccc3c3c(=O)[nH]ccc3c2[nH]1. The predicted molar refractivity (Wildman–Crippen MR) is 176 cm³/mol. The number of imidazole rings is 2. The van der Waals surface area contributed by atoms with Crippen molar-refractivity contribution in [2.75, 3.05) is 0 Å². The van der Waals surface area contributed by atoms with Gasteiger partial charge in [0.15, 0.2) is 0 Å². The smallest absolute Gasteiger partial charge is 0.258 e. The number of nitrogens with one attached hydrogen (secondary N) is 4. The average Bonchev–Trinajstić information content (AvgIpc) is 3.65. The summed E-state index contributed by atoms with van der Waals surface area (Å²) < 4.78 is 0. The Morgan fingerprint density at radius 3 is 1.77 bits per heavy atom. The normalized spacial score (nSPS) is 12.5. The largest absolute Gasteiger partial charge is 0.341 e. The first-order valence-corrected chi connectivity index (χ1v) is 14.5. The summed E-state index contributed by atoms with van der Waals surface area (Å²) in [5.74, 6) is 1.81. The standard InChI is InChI=1S/2C17H16N4O/c1-17(2,3)16-20-13-10-5-7-19-15(22)12(10)9-4-6-18-8-11(9)14(13)21-16;1-17(2,3)16-20-13-9-6-8-19-15(22)11(9)12-10(14(13)21-16)5-4-7-18-12/h2*4-8H,1-3H3,(H,19,22)(H,20,21). The molecule has 0 aliphatic rings. The summed E-state index contributed by atoms with van der Waals surface area (Å²) >= 11 is 0. The van der Waals surface area contributed by atoms with Gasteiger partial charge >= 0.3 is 0 Å². The van der Waals surface area contributed by atoms with Crippen LogP contribution in [0.5, 0.6) is 0 Å². The Kier molecular flexibility index (Phi) is 5.97. The van der Waals surface area contributed by atoms with Crippen molar-refractivity contribution in [1.29, 1.82) is 0 Å². The van der Waals surface area contributed by atoms with E-state index in [0.29, 0.717) is 16.3 Å². The molecule has 2 aromatic carbocycles. The van der Waals surface area contributed by atoms with E-state index in [1.54, 1.807) is 31.0 Å². The fourth-order valence-corrected chi connectivity index (χ4v) is 5.71. The van der Waals surface area contributed by atoms with Crippen molar-refractivity contribution >= 4 is 65.3 Å². The first-order valence-electron chi connectivity index (χ1n) is 14.5. The maximum absolute atomic E-state index is 12.3. The molecule has 8 rings (SSSR count). The van der Waals surface area contributed by atoms with Crippen LogP contribution in [0.3, 0.4) is 0 Å². The van der Waals surface area contributed by atoms with Crippen molar-refractivity contribution in [2.24, 2.45) is 0 Å². The second-order valence-corrected chi connectivity index (χ2v) is 13.1. The van der Waals surface area contributed by atoms with Crippen LogP contribution in [0, 0.1) is 0 Å². The lowest BCUT2D eigenvalue weighted by atomic mass is 9.96. The number of pyridine rings is 4. The molecule has 0 saturated heterocycles. The number of fused-ring (bicyclic) bond motifs is 12. The minimum atomic E-state index is -0.130. The minimum Gasteiger partial charge on any atom is -0.341 e. The molecule has 0 atom stereocenters. The molecule has 44 heavy (non-hydrogen) atoms. The summed E-state index contributed by atoms with van der Waals surface area (Å²) in [6, 6.07) is 9.53. The van der Waals surface area contributed by atoms with Crippen LogP contribution < -0.4 is 11.1 Å². The van der Waals surface area contributed by atoms with E-state index in [1.807, 2.05) is 30.3 Å². The van der Waals surface area contributed by atoms with Gasteiger partial charge in [-0.05, 0) is 30.3 Å². The number of benzene rings is 2. The van der Waals surface area contributed by atoms with Gasteiger partial charge in [-0.3, -0.25) is 19.6 Å². The van der Waals surface area contributed by atoms with E-state index in [1.165, 1.54) is 0 Å².